The number of hydrogen-bond acceptors (Lipinski definition) is 3. The first-order chi connectivity index (χ1) is 10.1. The van der Waals surface area contributed by atoms with E-state index in [9.17, 15) is 4.79 Å². The molecule has 0 saturated carbocycles. The SMILES string of the molecule is CCCC1CC(=O)N(CCOc2cccc(C(N)=S)c2)C1. The van der Waals surface area contributed by atoms with Crippen LogP contribution in [0.25, 0.3) is 0 Å². The Morgan fingerprint density at radius 1 is 1.52 bits per heavy atom. The summed E-state index contributed by atoms with van der Waals surface area (Å²) < 4.78 is 5.69. The van der Waals surface area contributed by atoms with Crippen LogP contribution in [0, 0.1) is 5.92 Å². The van der Waals surface area contributed by atoms with E-state index in [2.05, 4.69) is 6.92 Å². The van der Waals surface area contributed by atoms with Gasteiger partial charge in [0.1, 0.15) is 17.3 Å². The molecule has 0 aliphatic carbocycles. The second-order valence-corrected chi connectivity index (χ2v) is 5.88. The van der Waals surface area contributed by atoms with Crippen LogP contribution >= 0.6 is 12.2 Å². The Balaban J connectivity index is 1.80. The highest BCUT2D eigenvalue weighted by Crippen LogP contribution is 2.22. The maximum Gasteiger partial charge on any atom is 0.223 e. The third-order valence-electron chi connectivity index (χ3n) is 3.74. The van der Waals surface area contributed by atoms with Crippen LogP contribution in [0.4, 0.5) is 0 Å². The number of carbonyl (C=O) groups is 1. The standard InChI is InChI=1S/C16H22N2O2S/c1-2-4-12-9-15(19)18(11-12)7-8-20-14-6-3-5-13(10-14)16(17)21/h3,5-6,10,12H,2,4,7-9,11H2,1H3,(H2,17,21). The van der Waals surface area contributed by atoms with Crippen LogP contribution in [0.1, 0.15) is 31.7 Å². The van der Waals surface area contributed by atoms with Crippen LogP contribution in [0.2, 0.25) is 0 Å². The summed E-state index contributed by atoms with van der Waals surface area (Å²) in [4.78, 5) is 14.1. The number of nitrogens with two attached hydrogens (primary N) is 1. The molecule has 1 atom stereocenters. The number of amides is 1. The summed E-state index contributed by atoms with van der Waals surface area (Å²) in [5.74, 6) is 1.49. The van der Waals surface area contributed by atoms with Gasteiger partial charge in [-0.25, -0.2) is 0 Å². The number of likely N-dealkylation sites (tertiary alicyclic amines) is 1. The van der Waals surface area contributed by atoms with Gasteiger partial charge in [-0.2, -0.15) is 0 Å². The maximum atomic E-state index is 11.9. The lowest BCUT2D eigenvalue weighted by Gasteiger charge is -2.17. The van der Waals surface area contributed by atoms with Gasteiger partial charge in [0, 0.05) is 18.5 Å². The van der Waals surface area contributed by atoms with E-state index in [-0.39, 0.29) is 5.91 Å². The van der Waals surface area contributed by atoms with E-state index in [1.165, 1.54) is 0 Å². The van der Waals surface area contributed by atoms with Crippen molar-refractivity contribution in [1.82, 2.24) is 4.90 Å². The first-order valence-corrected chi connectivity index (χ1v) is 7.81. The molecule has 1 aliphatic heterocycles. The maximum absolute atomic E-state index is 11.9. The second kappa shape index (κ2) is 7.41. The first-order valence-electron chi connectivity index (χ1n) is 7.40. The Morgan fingerprint density at radius 3 is 3.05 bits per heavy atom. The summed E-state index contributed by atoms with van der Waals surface area (Å²) in [5, 5.41) is 0. The fourth-order valence-corrected chi connectivity index (χ4v) is 2.81. The molecular formula is C16H22N2O2S. The molecule has 1 fully saturated rings. The first kappa shape index (κ1) is 15.8. The van der Waals surface area contributed by atoms with E-state index in [0.29, 0.717) is 30.5 Å². The summed E-state index contributed by atoms with van der Waals surface area (Å²) in [7, 11) is 0. The van der Waals surface area contributed by atoms with Gasteiger partial charge in [-0.15, -0.1) is 0 Å². The monoisotopic (exact) mass is 306 g/mol. The van der Waals surface area contributed by atoms with Crippen molar-refractivity contribution in [3.63, 3.8) is 0 Å². The van der Waals surface area contributed by atoms with Crippen LogP contribution in [0.15, 0.2) is 24.3 Å². The van der Waals surface area contributed by atoms with Crippen molar-refractivity contribution in [2.24, 2.45) is 11.7 Å². The number of rotatable bonds is 7. The number of carbonyl (C=O) groups excluding carboxylic acids is 1. The van der Waals surface area contributed by atoms with E-state index in [1.807, 2.05) is 29.2 Å². The Labute approximate surface area is 131 Å². The third-order valence-corrected chi connectivity index (χ3v) is 3.98. The van der Waals surface area contributed by atoms with Crippen molar-refractivity contribution < 1.29 is 9.53 Å². The minimum Gasteiger partial charge on any atom is -0.492 e. The lowest BCUT2D eigenvalue weighted by Crippen LogP contribution is -2.29. The van der Waals surface area contributed by atoms with Crippen LogP contribution in [-0.2, 0) is 4.79 Å². The molecule has 114 valence electrons. The Morgan fingerprint density at radius 2 is 2.33 bits per heavy atom. The predicted octanol–water partition coefficient (Wildman–Crippen LogP) is 2.35. The van der Waals surface area contributed by atoms with Crippen molar-refractivity contribution in [2.45, 2.75) is 26.2 Å². The molecule has 5 heteroatoms. The lowest BCUT2D eigenvalue weighted by molar-refractivity contribution is -0.128. The molecule has 0 radical (unpaired) electrons. The van der Waals surface area contributed by atoms with Gasteiger partial charge in [0.25, 0.3) is 0 Å². The number of nitrogens with zero attached hydrogens (tertiary/aromatic N) is 1. The Kier molecular flexibility index (Phi) is 5.56. The fraction of sp³-hybridized carbons (Fsp3) is 0.500. The quantitative estimate of drug-likeness (QED) is 0.786. The van der Waals surface area contributed by atoms with Crippen molar-refractivity contribution in [3.8, 4) is 5.75 Å². The van der Waals surface area contributed by atoms with Crippen molar-refractivity contribution >= 4 is 23.1 Å². The molecule has 0 spiro atoms. The summed E-state index contributed by atoms with van der Waals surface area (Å²) in [6.07, 6.45) is 2.94. The van der Waals surface area contributed by atoms with Crippen LogP contribution in [0.5, 0.6) is 5.75 Å². The van der Waals surface area contributed by atoms with Gasteiger partial charge in [0.15, 0.2) is 0 Å². The van der Waals surface area contributed by atoms with Gasteiger partial charge in [0.05, 0.1) is 6.54 Å². The summed E-state index contributed by atoms with van der Waals surface area (Å²) in [6.45, 7) is 4.15. The molecule has 4 nitrogen and oxygen atoms in total. The van der Waals surface area contributed by atoms with Crippen molar-refractivity contribution in [3.05, 3.63) is 29.8 Å². The minimum absolute atomic E-state index is 0.244. The normalized spacial score (nSPS) is 18.0. The van der Waals surface area contributed by atoms with Gasteiger partial charge < -0.3 is 15.4 Å². The molecule has 2 N–H and O–H groups in total. The average molecular weight is 306 g/mol. The largest absolute Gasteiger partial charge is 0.492 e. The predicted molar refractivity (Wildman–Crippen MR) is 87.4 cm³/mol. The van der Waals surface area contributed by atoms with Gasteiger partial charge in [-0.05, 0) is 24.5 Å². The van der Waals surface area contributed by atoms with Crippen LogP contribution < -0.4 is 10.5 Å². The summed E-state index contributed by atoms with van der Waals surface area (Å²) in [6, 6.07) is 7.41. The Bertz CT molecular complexity index is 519. The zero-order chi connectivity index (χ0) is 15.2. The smallest absolute Gasteiger partial charge is 0.223 e. The minimum atomic E-state index is 0.244. The average Bonchev–Trinajstić information content (AvgIpc) is 2.80. The van der Waals surface area contributed by atoms with Gasteiger partial charge in [-0.1, -0.05) is 37.7 Å². The van der Waals surface area contributed by atoms with Gasteiger partial charge >= 0.3 is 0 Å². The number of ether oxygens (including phenoxy) is 1. The molecule has 1 unspecified atom stereocenters. The molecule has 1 amide bonds. The van der Waals surface area contributed by atoms with E-state index in [0.717, 1.165) is 30.7 Å². The highest BCUT2D eigenvalue weighted by atomic mass is 32.1. The summed E-state index contributed by atoms with van der Waals surface area (Å²) >= 11 is 4.94. The summed E-state index contributed by atoms with van der Waals surface area (Å²) in [5.41, 5.74) is 6.39. The highest BCUT2D eigenvalue weighted by Gasteiger charge is 2.28. The lowest BCUT2D eigenvalue weighted by atomic mass is 10.0. The molecule has 1 aliphatic rings. The third kappa shape index (κ3) is 4.43. The topological polar surface area (TPSA) is 55.6 Å². The van der Waals surface area contributed by atoms with E-state index in [1.54, 1.807) is 0 Å². The second-order valence-electron chi connectivity index (χ2n) is 5.44. The molecular weight excluding hydrogens is 284 g/mol. The molecule has 1 aromatic carbocycles. The number of benzene rings is 1. The molecule has 0 bridgehead atoms. The molecule has 1 aromatic rings. The molecule has 1 heterocycles. The van der Waals surface area contributed by atoms with Gasteiger partial charge in [-0.3, -0.25) is 4.79 Å². The highest BCUT2D eigenvalue weighted by molar-refractivity contribution is 7.80. The van der Waals surface area contributed by atoms with Gasteiger partial charge in [0.2, 0.25) is 5.91 Å². The van der Waals surface area contributed by atoms with Crippen molar-refractivity contribution in [2.75, 3.05) is 19.7 Å². The van der Waals surface area contributed by atoms with E-state index in [4.69, 9.17) is 22.7 Å². The zero-order valence-corrected chi connectivity index (χ0v) is 13.2. The fourth-order valence-electron chi connectivity index (χ4n) is 2.68. The van der Waals surface area contributed by atoms with Crippen molar-refractivity contribution in [1.29, 1.82) is 0 Å². The van der Waals surface area contributed by atoms with E-state index >= 15 is 0 Å². The molecule has 1 saturated heterocycles. The molecule has 0 aromatic heterocycles. The number of thiocarbonyl (C=S) groups is 1. The molecule has 2 rings (SSSR count). The van der Waals surface area contributed by atoms with E-state index < -0.39 is 0 Å². The molecule has 21 heavy (non-hydrogen) atoms. The number of hydrogen-bond donors (Lipinski definition) is 1. The Hall–Kier alpha value is -1.62. The zero-order valence-electron chi connectivity index (χ0n) is 12.4. The van der Waals surface area contributed by atoms with Crippen LogP contribution in [0.3, 0.4) is 0 Å². The van der Waals surface area contributed by atoms with Crippen LogP contribution in [-0.4, -0.2) is 35.5 Å².